The second-order valence-electron chi connectivity index (χ2n) is 4.34. The fourth-order valence-corrected chi connectivity index (χ4v) is 3.59. The van der Waals surface area contributed by atoms with Crippen LogP contribution in [0.15, 0.2) is 11.0 Å². The molecule has 1 atom stereocenters. The molecular formula is C13H21N3O2S. The van der Waals surface area contributed by atoms with E-state index in [2.05, 4.69) is 18.7 Å². The van der Waals surface area contributed by atoms with E-state index in [9.17, 15) is 0 Å². The van der Waals surface area contributed by atoms with Gasteiger partial charge in [0.15, 0.2) is 5.75 Å². The van der Waals surface area contributed by atoms with Crippen LogP contribution in [-0.2, 0) is 0 Å². The SMILES string of the molecule is CCN(CC)C1COc2c(N)cc(OC)c(N)c2S1. The summed E-state index contributed by atoms with van der Waals surface area (Å²) in [6.07, 6.45) is 0. The Bertz CT molecular complexity index is 464. The average Bonchev–Trinajstić information content (AvgIpc) is 2.44. The van der Waals surface area contributed by atoms with E-state index in [0.717, 1.165) is 18.0 Å². The van der Waals surface area contributed by atoms with Crippen LogP contribution in [0.2, 0.25) is 0 Å². The molecule has 0 aliphatic carbocycles. The van der Waals surface area contributed by atoms with Gasteiger partial charge in [-0.1, -0.05) is 25.6 Å². The molecule has 2 rings (SSSR count). The summed E-state index contributed by atoms with van der Waals surface area (Å²) in [5, 5.41) is 0.260. The number of anilines is 2. The van der Waals surface area contributed by atoms with E-state index >= 15 is 0 Å². The van der Waals surface area contributed by atoms with Crippen molar-refractivity contribution in [1.82, 2.24) is 4.90 Å². The average molecular weight is 283 g/mol. The fraction of sp³-hybridized carbons (Fsp3) is 0.538. The highest BCUT2D eigenvalue weighted by Crippen LogP contribution is 2.48. The van der Waals surface area contributed by atoms with Crippen LogP contribution in [0.3, 0.4) is 0 Å². The smallest absolute Gasteiger partial charge is 0.158 e. The Labute approximate surface area is 118 Å². The van der Waals surface area contributed by atoms with Crippen molar-refractivity contribution in [3.05, 3.63) is 6.07 Å². The monoisotopic (exact) mass is 283 g/mol. The van der Waals surface area contributed by atoms with Gasteiger partial charge in [-0.05, 0) is 13.1 Å². The minimum absolute atomic E-state index is 0.260. The number of hydrogen-bond donors (Lipinski definition) is 2. The van der Waals surface area contributed by atoms with Crippen LogP contribution in [0, 0.1) is 0 Å². The van der Waals surface area contributed by atoms with Crippen molar-refractivity contribution in [1.29, 1.82) is 0 Å². The molecule has 1 unspecified atom stereocenters. The summed E-state index contributed by atoms with van der Waals surface area (Å²) in [6, 6.07) is 1.71. The van der Waals surface area contributed by atoms with Crippen molar-refractivity contribution < 1.29 is 9.47 Å². The molecule has 1 aromatic rings. The van der Waals surface area contributed by atoms with E-state index in [-0.39, 0.29) is 5.37 Å². The molecule has 106 valence electrons. The van der Waals surface area contributed by atoms with Gasteiger partial charge >= 0.3 is 0 Å². The van der Waals surface area contributed by atoms with Gasteiger partial charge in [-0.3, -0.25) is 4.90 Å². The van der Waals surface area contributed by atoms with E-state index in [4.69, 9.17) is 20.9 Å². The van der Waals surface area contributed by atoms with E-state index < -0.39 is 0 Å². The van der Waals surface area contributed by atoms with E-state index in [1.54, 1.807) is 24.9 Å². The summed E-state index contributed by atoms with van der Waals surface area (Å²) >= 11 is 1.70. The molecule has 1 heterocycles. The molecule has 1 aliphatic heterocycles. The molecule has 0 amide bonds. The first-order valence-electron chi connectivity index (χ1n) is 6.41. The number of fused-ring (bicyclic) bond motifs is 1. The van der Waals surface area contributed by atoms with E-state index in [1.807, 2.05) is 0 Å². The van der Waals surface area contributed by atoms with Crippen LogP contribution >= 0.6 is 11.8 Å². The quantitative estimate of drug-likeness (QED) is 0.824. The fourth-order valence-electron chi connectivity index (χ4n) is 2.22. The molecule has 0 saturated carbocycles. The lowest BCUT2D eigenvalue weighted by molar-refractivity contribution is 0.193. The minimum atomic E-state index is 0.260. The third-order valence-electron chi connectivity index (χ3n) is 3.33. The third-order valence-corrected chi connectivity index (χ3v) is 4.68. The number of methoxy groups -OCH3 is 1. The third kappa shape index (κ3) is 2.55. The summed E-state index contributed by atoms with van der Waals surface area (Å²) in [7, 11) is 1.59. The summed E-state index contributed by atoms with van der Waals surface area (Å²) in [5.74, 6) is 1.29. The molecule has 5 nitrogen and oxygen atoms in total. The maximum absolute atomic E-state index is 6.13. The molecule has 0 spiro atoms. The number of nitrogens with zero attached hydrogens (tertiary/aromatic N) is 1. The van der Waals surface area contributed by atoms with Crippen molar-refractivity contribution in [2.24, 2.45) is 0 Å². The maximum Gasteiger partial charge on any atom is 0.158 e. The number of likely N-dealkylation sites (N-methyl/N-ethyl adjacent to an activating group) is 1. The lowest BCUT2D eigenvalue weighted by Gasteiger charge is -2.34. The lowest BCUT2D eigenvalue weighted by Crippen LogP contribution is -2.38. The van der Waals surface area contributed by atoms with Crippen LogP contribution in [0.4, 0.5) is 11.4 Å². The summed E-state index contributed by atoms with van der Waals surface area (Å²) < 4.78 is 11.1. The zero-order chi connectivity index (χ0) is 14.0. The van der Waals surface area contributed by atoms with Crippen molar-refractivity contribution >= 4 is 23.1 Å². The number of ether oxygens (including phenoxy) is 2. The maximum atomic E-state index is 6.13. The normalized spacial score (nSPS) is 18.0. The number of benzene rings is 1. The van der Waals surface area contributed by atoms with Crippen molar-refractivity contribution in [3.8, 4) is 11.5 Å². The zero-order valence-corrected chi connectivity index (χ0v) is 12.4. The molecule has 0 radical (unpaired) electrons. The number of nitrogens with two attached hydrogens (primary N) is 2. The molecule has 0 fully saturated rings. The Balaban J connectivity index is 2.35. The number of nitrogen functional groups attached to an aromatic ring is 2. The van der Waals surface area contributed by atoms with Gasteiger partial charge in [0.25, 0.3) is 0 Å². The topological polar surface area (TPSA) is 73.7 Å². The zero-order valence-electron chi connectivity index (χ0n) is 11.6. The van der Waals surface area contributed by atoms with Crippen LogP contribution in [-0.4, -0.2) is 37.1 Å². The van der Waals surface area contributed by atoms with Gasteiger partial charge in [0.1, 0.15) is 12.4 Å². The molecule has 4 N–H and O–H groups in total. The first-order valence-corrected chi connectivity index (χ1v) is 7.29. The van der Waals surface area contributed by atoms with Gasteiger partial charge in [-0.2, -0.15) is 0 Å². The largest absolute Gasteiger partial charge is 0.494 e. The van der Waals surface area contributed by atoms with Gasteiger partial charge in [-0.15, -0.1) is 0 Å². The summed E-state index contributed by atoms with van der Waals surface area (Å²) in [4.78, 5) is 3.22. The van der Waals surface area contributed by atoms with Gasteiger partial charge in [0, 0.05) is 6.07 Å². The predicted molar refractivity (Wildman–Crippen MR) is 79.9 cm³/mol. The number of thioether (sulfide) groups is 1. The van der Waals surface area contributed by atoms with E-state index in [1.165, 1.54) is 0 Å². The highest BCUT2D eigenvalue weighted by molar-refractivity contribution is 8.00. The Morgan fingerprint density at radius 2 is 2.11 bits per heavy atom. The highest BCUT2D eigenvalue weighted by atomic mass is 32.2. The Kier molecular flexibility index (Phi) is 4.31. The first-order chi connectivity index (χ1) is 9.12. The Morgan fingerprint density at radius 3 is 2.68 bits per heavy atom. The van der Waals surface area contributed by atoms with Gasteiger partial charge in [0.2, 0.25) is 0 Å². The van der Waals surface area contributed by atoms with Crippen LogP contribution in [0.25, 0.3) is 0 Å². The predicted octanol–water partition coefficient (Wildman–Crippen LogP) is 2.01. The highest BCUT2D eigenvalue weighted by Gasteiger charge is 2.29. The standard InChI is InChI=1S/C13H21N3O2S/c1-4-16(5-2)10-7-18-12-8(14)6-9(17-3)11(15)13(12)19-10/h6,10H,4-5,7,14-15H2,1-3H3. The van der Waals surface area contributed by atoms with Gasteiger partial charge in [-0.25, -0.2) is 0 Å². The van der Waals surface area contributed by atoms with Gasteiger partial charge < -0.3 is 20.9 Å². The van der Waals surface area contributed by atoms with E-state index in [0.29, 0.717) is 29.5 Å². The van der Waals surface area contributed by atoms with Crippen molar-refractivity contribution in [2.75, 3.05) is 38.3 Å². The molecule has 1 aliphatic rings. The molecule has 19 heavy (non-hydrogen) atoms. The summed E-state index contributed by atoms with van der Waals surface area (Å²) in [5.41, 5.74) is 13.3. The molecule has 6 heteroatoms. The van der Waals surface area contributed by atoms with Crippen molar-refractivity contribution in [3.63, 3.8) is 0 Å². The molecule has 0 aromatic heterocycles. The Hall–Kier alpha value is -1.27. The molecular weight excluding hydrogens is 262 g/mol. The second kappa shape index (κ2) is 5.79. The van der Waals surface area contributed by atoms with Crippen LogP contribution in [0.5, 0.6) is 11.5 Å². The van der Waals surface area contributed by atoms with Crippen molar-refractivity contribution in [2.45, 2.75) is 24.1 Å². The molecule has 0 bridgehead atoms. The minimum Gasteiger partial charge on any atom is -0.494 e. The van der Waals surface area contributed by atoms with Crippen LogP contribution in [0.1, 0.15) is 13.8 Å². The Morgan fingerprint density at radius 1 is 1.42 bits per heavy atom. The van der Waals surface area contributed by atoms with Crippen LogP contribution < -0.4 is 20.9 Å². The second-order valence-corrected chi connectivity index (χ2v) is 5.53. The molecule has 1 aromatic carbocycles. The number of rotatable bonds is 4. The van der Waals surface area contributed by atoms with Gasteiger partial charge in [0.05, 0.1) is 28.8 Å². The lowest BCUT2D eigenvalue weighted by atomic mass is 10.2. The molecule has 0 saturated heterocycles. The summed E-state index contributed by atoms with van der Waals surface area (Å²) in [6.45, 7) is 6.86. The first kappa shape index (κ1) is 14.1. The number of hydrogen-bond acceptors (Lipinski definition) is 6.